The van der Waals surface area contributed by atoms with Gasteiger partial charge in [-0.3, -0.25) is 0 Å². The van der Waals surface area contributed by atoms with E-state index in [1.165, 1.54) is 11.1 Å². The van der Waals surface area contributed by atoms with Gasteiger partial charge in [-0.05, 0) is 29.9 Å². The van der Waals surface area contributed by atoms with Gasteiger partial charge in [-0.25, -0.2) is 0 Å². The fraction of sp³-hybridized carbons (Fsp3) is 0.250. The molecular formula is C16H21BO4. The molecule has 0 aliphatic carbocycles. The molecule has 0 bridgehead atoms. The lowest BCUT2D eigenvalue weighted by atomic mass is 9.93. The zero-order chi connectivity index (χ0) is 15.5. The molecule has 0 amide bonds. The Morgan fingerprint density at radius 3 is 1.33 bits per heavy atom. The van der Waals surface area contributed by atoms with E-state index in [0.29, 0.717) is 5.92 Å². The number of aliphatic hydroxyl groups is 1. The molecule has 4 N–H and O–H groups in total. The van der Waals surface area contributed by atoms with Gasteiger partial charge in [-0.1, -0.05) is 60.7 Å². The van der Waals surface area contributed by atoms with Crippen molar-refractivity contribution in [2.75, 3.05) is 6.61 Å². The highest BCUT2D eigenvalue weighted by atomic mass is 16.5. The molecule has 0 saturated carbocycles. The predicted octanol–water partition coefficient (Wildman–Crippen LogP) is 1.03. The van der Waals surface area contributed by atoms with Crippen LogP contribution in [0, 0.1) is 5.92 Å². The van der Waals surface area contributed by atoms with Gasteiger partial charge in [0, 0.05) is 6.61 Å². The van der Waals surface area contributed by atoms with Crippen LogP contribution in [-0.4, -0.2) is 34.1 Å². The molecule has 0 aliphatic rings. The van der Waals surface area contributed by atoms with Gasteiger partial charge in [0.1, 0.15) is 0 Å². The molecular weight excluding hydrogens is 267 g/mol. The SMILES string of the molecule is OB(O)O.OCC(Cc1ccccc1)Cc1ccccc1. The third-order valence-corrected chi connectivity index (χ3v) is 2.99. The monoisotopic (exact) mass is 288 g/mol. The van der Waals surface area contributed by atoms with E-state index in [0.717, 1.165) is 12.8 Å². The highest BCUT2D eigenvalue weighted by Gasteiger charge is 2.09. The molecule has 2 aromatic carbocycles. The Morgan fingerprint density at radius 2 is 1.05 bits per heavy atom. The van der Waals surface area contributed by atoms with E-state index in [2.05, 4.69) is 24.3 Å². The van der Waals surface area contributed by atoms with E-state index in [9.17, 15) is 5.11 Å². The van der Waals surface area contributed by atoms with Crippen molar-refractivity contribution < 1.29 is 20.2 Å². The summed E-state index contributed by atoms with van der Waals surface area (Å²) in [5, 5.41) is 30.9. The maximum atomic E-state index is 9.45. The molecule has 112 valence electrons. The van der Waals surface area contributed by atoms with Crippen molar-refractivity contribution in [1.29, 1.82) is 0 Å². The summed E-state index contributed by atoms with van der Waals surface area (Å²) in [4.78, 5) is 0. The zero-order valence-corrected chi connectivity index (χ0v) is 11.8. The molecule has 21 heavy (non-hydrogen) atoms. The second-order valence-corrected chi connectivity index (χ2v) is 4.77. The van der Waals surface area contributed by atoms with Gasteiger partial charge in [0.15, 0.2) is 0 Å². The summed E-state index contributed by atoms with van der Waals surface area (Å²) in [5.74, 6) is 0.305. The summed E-state index contributed by atoms with van der Waals surface area (Å²) in [6.07, 6.45) is 1.87. The lowest BCUT2D eigenvalue weighted by Crippen LogP contribution is -2.12. The fourth-order valence-electron chi connectivity index (χ4n) is 2.10. The minimum absolute atomic E-state index is 0.240. The number of hydrogen-bond donors (Lipinski definition) is 4. The topological polar surface area (TPSA) is 80.9 Å². The Labute approximate surface area is 125 Å². The van der Waals surface area contributed by atoms with Crippen LogP contribution < -0.4 is 0 Å². The first kappa shape index (κ1) is 17.4. The molecule has 0 saturated heterocycles. The number of rotatable bonds is 5. The maximum Gasteiger partial charge on any atom is 0.631 e. The molecule has 0 aliphatic heterocycles. The van der Waals surface area contributed by atoms with Crippen LogP contribution in [0.4, 0.5) is 0 Å². The summed E-state index contributed by atoms with van der Waals surface area (Å²) in [7, 11) is -2.17. The molecule has 0 aromatic heterocycles. The fourth-order valence-corrected chi connectivity index (χ4v) is 2.10. The van der Waals surface area contributed by atoms with Gasteiger partial charge in [0.25, 0.3) is 0 Å². The number of benzene rings is 2. The third-order valence-electron chi connectivity index (χ3n) is 2.99. The predicted molar refractivity (Wildman–Crippen MR) is 83.3 cm³/mol. The van der Waals surface area contributed by atoms with Gasteiger partial charge >= 0.3 is 7.32 Å². The lowest BCUT2D eigenvalue weighted by Gasteiger charge is -2.14. The molecule has 0 heterocycles. The van der Waals surface area contributed by atoms with Crippen molar-refractivity contribution in [2.45, 2.75) is 12.8 Å². The first-order valence-electron chi connectivity index (χ1n) is 6.84. The minimum atomic E-state index is -2.17. The average molecular weight is 288 g/mol. The maximum absolute atomic E-state index is 9.45. The van der Waals surface area contributed by atoms with Crippen molar-refractivity contribution >= 4 is 7.32 Å². The van der Waals surface area contributed by atoms with E-state index in [-0.39, 0.29) is 6.61 Å². The van der Waals surface area contributed by atoms with Gasteiger partial charge in [0.05, 0.1) is 0 Å². The number of aliphatic hydroxyl groups excluding tert-OH is 1. The Kier molecular flexibility index (Phi) is 8.39. The largest absolute Gasteiger partial charge is 0.631 e. The summed E-state index contributed by atoms with van der Waals surface area (Å²) >= 11 is 0. The van der Waals surface area contributed by atoms with Crippen molar-refractivity contribution in [3.05, 3.63) is 71.8 Å². The smallest absolute Gasteiger partial charge is 0.402 e. The van der Waals surface area contributed by atoms with Crippen molar-refractivity contribution in [1.82, 2.24) is 0 Å². The van der Waals surface area contributed by atoms with Crippen LogP contribution in [0.2, 0.25) is 0 Å². The van der Waals surface area contributed by atoms with E-state index in [1.807, 2.05) is 36.4 Å². The molecule has 4 nitrogen and oxygen atoms in total. The van der Waals surface area contributed by atoms with Gasteiger partial charge in [0.2, 0.25) is 0 Å². The summed E-state index contributed by atoms with van der Waals surface area (Å²) in [5.41, 5.74) is 2.59. The molecule has 2 rings (SSSR count). The Morgan fingerprint density at radius 1 is 0.714 bits per heavy atom. The van der Waals surface area contributed by atoms with Gasteiger partial charge in [-0.15, -0.1) is 0 Å². The van der Waals surface area contributed by atoms with E-state index in [1.54, 1.807) is 0 Å². The van der Waals surface area contributed by atoms with Crippen LogP contribution in [0.25, 0.3) is 0 Å². The van der Waals surface area contributed by atoms with Crippen LogP contribution >= 0.6 is 0 Å². The Bertz CT molecular complexity index is 432. The highest BCUT2D eigenvalue weighted by Crippen LogP contribution is 2.14. The molecule has 0 atom stereocenters. The summed E-state index contributed by atoms with van der Waals surface area (Å²) in [6, 6.07) is 20.7. The Hall–Kier alpha value is -1.66. The van der Waals surface area contributed by atoms with Crippen molar-refractivity contribution in [3.8, 4) is 0 Å². The molecule has 0 fully saturated rings. The van der Waals surface area contributed by atoms with Gasteiger partial charge < -0.3 is 20.2 Å². The molecule has 5 heteroatoms. The molecule has 0 unspecified atom stereocenters. The van der Waals surface area contributed by atoms with E-state index >= 15 is 0 Å². The second kappa shape index (κ2) is 10.1. The van der Waals surface area contributed by atoms with Crippen LogP contribution in [0.15, 0.2) is 60.7 Å². The standard InChI is InChI=1S/C16H18O.BH3O3/c17-13-16(11-14-7-3-1-4-8-14)12-15-9-5-2-6-10-15;2-1(3)4/h1-10,16-17H,11-13H2;2-4H. The van der Waals surface area contributed by atoms with Crippen LogP contribution in [0.5, 0.6) is 0 Å². The van der Waals surface area contributed by atoms with Crippen molar-refractivity contribution in [3.63, 3.8) is 0 Å². The Balaban J connectivity index is 0.000000491. The highest BCUT2D eigenvalue weighted by molar-refractivity contribution is 6.30. The molecule has 0 radical (unpaired) electrons. The van der Waals surface area contributed by atoms with Crippen LogP contribution in [0.3, 0.4) is 0 Å². The van der Waals surface area contributed by atoms with Crippen molar-refractivity contribution in [2.24, 2.45) is 5.92 Å². The van der Waals surface area contributed by atoms with E-state index in [4.69, 9.17) is 15.1 Å². The summed E-state index contributed by atoms with van der Waals surface area (Å²) in [6.45, 7) is 0.240. The molecule has 2 aromatic rings. The summed E-state index contributed by atoms with van der Waals surface area (Å²) < 4.78 is 0. The number of hydrogen-bond acceptors (Lipinski definition) is 4. The van der Waals surface area contributed by atoms with Gasteiger partial charge in [-0.2, -0.15) is 0 Å². The lowest BCUT2D eigenvalue weighted by molar-refractivity contribution is 0.225. The second-order valence-electron chi connectivity index (χ2n) is 4.77. The van der Waals surface area contributed by atoms with Crippen LogP contribution in [-0.2, 0) is 12.8 Å². The third kappa shape index (κ3) is 8.27. The minimum Gasteiger partial charge on any atom is -0.402 e. The zero-order valence-electron chi connectivity index (χ0n) is 11.8. The first-order chi connectivity index (χ1) is 10.1. The first-order valence-corrected chi connectivity index (χ1v) is 6.84. The van der Waals surface area contributed by atoms with Crippen LogP contribution in [0.1, 0.15) is 11.1 Å². The molecule has 0 spiro atoms. The average Bonchev–Trinajstić information content (AvgIpc) is 2.48. The quantitative estimate of drug-likeness (QED) is 0.619. The normalized spacial score (nSPS) is 9.95. The van der Waals surface area contributed by atoms with E-state index < -0.39 is 7.32 Å².